The summed E-state index contributed by atoms with van der Waals surface area (Å²) in [5.41, 5.74) is 5.63. The van der Waals surface area contributed by atoms with Gasteiger partial charge in [0.25, 0.3) is 0 Å². The minimum Gasteiger partial charge on any atom is -0.391 e. The summed E-state index contributed by atoms with van der Waals surface area (Å²) in [5, 5.41) is 22.4. The molecule has 38 heavy (non-hydrogen) atoms. The summed E-state index contributed by atoms with van der Waals surface area (Å²) in [6.07, 6.45) is 0.652. The maximum atomic E-state index is 15.4. The highest BCUT2D eigenvalue weighted by molar-refractivity contribution is 5.79. The number of amides is 1. The Balaban J connectivity index is 1.69. The van der Waals surface area contributed by atoms with Crippen molar-refractivity contribution in [3.05, 3.63) is 59.2 Å². The molecule has 7 nitrogen and oxygen atoms in total. The minimum absolute atomic E-state index is 0.111. The zero-order chi connectivity index (χ0) is 27.4. The number of aliphatic hydroxyl groups is 2. The molecule has 9 heteroatoms. The van der Waals surface area contributed by atoms with Gasteiger partial charge in [-0.25, -0.2) is 8.78 Å². The van der Waals surface area contributed by atoms with E-state index in [4.69, 9.17) is 15.2 Å². The van der Waals surface area contributed by atoms with E-state index in [0.717, 1.165) is 0 Å². The van der Waals surface area contributed by atoms with E-state index >= 15 is 4.39 Å². The number of nitrogens with two attached hydrogens (primary N) is 1. The number of hydrogen-bond donors (Lipinski definition) is 3. The van der Waals surface area contributed by atoms with Crippen LogP contribution in [0.25, 0.3) is 11.1 Å². The van der Waals surface area contributed by atoms with Gasteiger partial charge in [0.2, 0.25) is 5.91 Å². The van der Waals surface area contributed by atoms with E-state index in [1.807, 2.05) is 0 Å². The third kappa shape index (κ3) is 5.92. The number of aryl methyl sites for hydroxylation is 1. The van der Waals surface area contributed by atoms with Gasteiger partial charge in [-0.05, 0) is 73.9 Å². The quantitative estimate of drug-likeness (QED) is 0.428. The first-order chi connectivity index (χ1) is 18.2. The number of carbonyl (C=O) groups is 1. The second-order valence-corrected chi connectivity index (χ2v) is 10.5. The van der Waals surface area contributed by atoms with E-state index in [1.165, 1.54) is 24.3 Å². The van der Waals surface area contributed by atoms with Crippen LogP contribution in [-0.4, -0.2) is 72.7 Å². The molecule has 4 rings (SSSR count). The summed E-state index contributed by atoms with van der Waals surface area (Å²) in [6.45, 7) is 2.78. The molecule has 2 aromatic rings. The fourth-order valence-electron chi connectivity index (χ4n) is 5.73. The summed E-state index contributed by atoms with van der Waals surface area (Å²) in [6, 6.07) is 8.44. The van der Waals surface area contributed by atoms with Crippen molar-refractivity contribution in [2.75, 3.05) is 33.4 Å². The number of carbonyl (C=O) groups excluding carboxylic acids is 1. The van der Waals surface area contributed by atoms with Gasteiger partial charge in [0.1, 0.15) is 23.3 Å². The maximum absolute atomic E-state index is 15.4. The average Bonchev–Trinajstić information content (AvgIpc) is 3.25. The molecule has 0 bridgehead atoms. The van der Waals surface area contributed by atoms with Crippen LogP contribution in [-0.2, 0) is 19.9 Å². The SMILES string of the molecule is COCCCC[C@@](O)(c1cccc(F)c1-c1ccc(F)c(C)c1)[C@H]1CN(C(=O)[C@H]2C[C@@H](N)[C@@H](O)C2)CCO1. The molecule has 0 radical (unpaired) electrons. The van der Waals surface area contributed by atoms with Gasteiger partial charge in [-0.3, -0.25) is 4.79 Å². The normalized spacial score (nSPS) is 25.4. The smallest absolute Gasteiger partial charge is 0.226 e. The molecule has 2 fully saturated rings. The minimum atomic E-state index is -1.64. The van der Waals surface area contributed by atoms with Gasteiger partial charge in [-0.1, -0.05) is 18.2 Å². The Bertz CT molecular complexity index is 1120. The van der Waals surface area contributed by atoms with E-state index in [0.29, 0.717) is 55.5 Å². The number of benzene rings is 2. The number of ether oxygens (including phenoxy) is 2. The fourth-order valence-corrected chi connectivity index (χ4v) is 5.73. The Morgan fingerprint density at radius 3 is 2.68 bits per heavy atom. The second kappa shape index (κ2) is 12.2. The van der Waals surface area contributed by atoms with Crippen LogP contribution in [0, 0.1) is 24.5 Å². The van der Waals surface area contributed by atoms with Crippen LogP contribution in [0.15, 0.2) is 36.4 Å². The number of hydrogen-bond acceptors (Lipinski definition) is 6. The number of unbranched alkanes of at least 4 members (excludes halogenated alkanes) is 1. The first-order valence-electron chi connectivity index (χ1n) is 13.3. The van der Waals surface area contributed by atoms with Crippen molar-refractivity contribution in [3.63, 3.8) is 0 Å². The molecular formula is C29H38F2N2O5. The molecule has 1 heterocycles. The van der Waals surface area contributed by atoms with Gasteiger partial charge in [-0.2, -0.15) is 0 Å². The Morgan fingerprint density at radius 1 is 1.21 bits per heavy atom. The van der Waals surface area contributed by atoms with E-state index in [2.05, 4.69) is 0 Å². The first kappa shape index (κ1) is 28.6. The van der Waals surface area contributed by atoms with E-state index in [-0.39, 0.29) is 37.0 Å². The molecule has 0 aromatic heterocycles. The number of rotatable bonds is 9. The van der Waals surface area contributed by atoms with Crippen LogP contribution in [0.3, 0.4) is 0 Å². The van der Waals surface area contributed by atoms with Crippen molar-refractivity contribution in [3.8, 4) is 11.1 Å². The lowest BCUT2D eigenvalue weighted by Crippen LogP contribution is -2.55. The predicted molar refractivity (Wildman–Crippen MR) is 139 cm³/mol. The second-order valence-electron chi connectivity index (χ2n) is 10.5. The average molecular weight is 533 g/mol. The summed E-state index contributed by atoms with van der Waals surface area (Å²) in [4.78, 5) is 15.0. The van der Waals surface area contributed by atoms with Gasteiger partial charge in [0, 0.05) is 37.8 Å². The van der Waals surface area contributed by atoms with Crippen LogP contribution < -0.4 is 5.73 Å². The third-order valence-corrected chi connectivity index (χ3v) is 7.92. The van der Waals surface area contributed by atoms with E-state index in [1.54, 1.807) is 31.1 Å². The van der Waals surface area contributed by atoms with Crippen molar-refractivity contribution in [2.24, 2.45) is 11.7 Å². The van der Waals surface area contributed by atoms with Crippen LogP contribution >= 0.6 is 0 Å². The van der Waals surface area contributed by atoms with Crippen molar-refractivity contribution >= 4 is 5.91 Å². The lowest BCUT2D eigenvalue weighted by molar-refractivity contribution is -0.167. The molecule has 1 saturated heterocycles. The molecule has 1 aliphatic carbocycles. The lowest BCUT2D eigenvalue weighted by Gasteiger charge is -2.43. The van der Waals surface area contributed by atoms with E-state index in [9.17, 15) is 19.4 Å². The molecule has 0 unspecified atom stereocenters. The largest absolute Gasteiger partial charge is 0.391 e. The number of methoxy groups -OCH3 is 1. The van der Waals surface area contributed by atoms with Crippen LogP contribution in [0.1, 0.15) is 43.2 Å². The molecule has 1 amide bonds. The van der Waals surface area contributed by atoms with Crippen molar-refractivity contribution in [1.29, 1.82) is 0 Å². The molecule has 2 aliphatic rings. The number of nitrogens with zero attached hydrogens (tertiary/aromatic N) is 1. The predicted octanol–water partition coefficient (Wildman–Crippen LogP) is 3.27. The monoisotopic (exact) mass is 532 g/mol. The number of halogens is 2. The molecule has 2 aromatic carbocycles. The molecule has 5 atom stereocenters. The van der Waals surface area contributed by atoms with Gasteiger partial charge in [-0.15, -0.1) is 0 Å². The zero-order valence-electron chi connectivity index (χ0n) is 22.0. The Hall–Kier alpha value is -2.43. The molecule has 208 valence electrons. The molecule has 1 saturated carbocycles. The summed E-state index contributed by atoms with van der Waals surface area (Å²) in [7, 11) is 1.60. The Labute approximate surface area is 222 Å². The first-order valence-corrected chi connectivity index (χ1v) is 13.3. The number of aliphatic hydroxyl groups excluding tert-OH is 1. The van der Waals surface area contributed by atoms with Crippen molar-refractivity contribution in [2.45, 2.75) is 62.9 Å². The summed E-state index contributed by atoms with van der Waals surface area (Å²) in [5.74, 6) is -1.45. The topological polar surface area (TPSA) is 105 Å². The maximum Gasteiger partial charge on any atom is 0.226 e. The van der Waals surface area contributed by atoms with E-state index < -0.39 is 35.5 Å². The standard InChI is InChI=1S/C29H38F2N2O5/c1-18-14-19(8-9-22(18)30)27-21(6-5-7-23(27)31)29(36,10-3-4-12-37-2)26-17-33(11-13-38-26)28(35)20-15-24(32)25(34)16-20/h5-9,14,20,24-26,34,36H,3-4,10-13,15-17,32H2,1-2H3/t20-,24+,25-,26+,29+/m0/s1. The van der Waals surface area contributed by atoms with Gasteiger partial charge in [0.15, 0.2) is 0 Å². The van der Waals surface area contributed by atoms with Crippen molar-refractivity contribution in [1.82, 2.24) is 4.90 Å². The van der Waals surface area contributed by atoms with Gasteiger partial charge < -0.3 is 30.3 Å². The van der Waals surface area contributed by atoms with Gasteiger partial charge >= 0.3 is 0 Å². The highest BCUT2D eigenvalue weighted by Gasteiger charge is 2.46. The lowest BCUT2D eigenvalue weighted by atomic mass is 9.78. The summed E-state index contributed by atoms with van der Waals surface area (Å²) >= 11 is 0. The summed E-state index contributed by atoms with van der Waals surface area (Å²) < 4.78 is 40.7. The Morgan fingerprint density at radius 2 is 2.00 bits per heavy atom. The fraction of sp³-hybridized carbons (Fsp3) is 0.552. The number of morpholine rings is 1. The van der Waals surface area contributed by atoms with Crippen LogP contribution in [0.2, 0.25) is 0 Å². The Kier molecular flexibility index (Phi) is 9.15. The third-order valence-electron chi connectivity index (χ3n) is 7.92. The van der Waals surface area contributed by atoms with Crippen LogP contribution in [0.5, 0.6) is 0 Å². The highest BCUT2D eigenvalue weighted by atomic mass is 19.1. The molecule has 0 spiro atoms. The molecular weight excluding hydrogens is 494 g/mol. The zero-order valence-corrected chi connectivity index (χ0v) is 22.0. The van der Waals surface area contributed by atoms with Crippen molar-refractivity contribution < 1.29 is 33.3 Å². The van der Waals surface area contributed by atoms with Crippen LogP contribution in [0.4, 0.5) is 8.78 Å². The molecule has 4 N–H and O–H groups in total. The van der Waals surface area contributed by atoms with Gasteiger partial charge in [0.05, 0.1) is 19.3 Å². The highest BCUT2D eigenvalue weighted by Crippen LogP contribution is 2.42. The molecule has 1 aliphatic heterocycles.